The Bertz CT molecular complexity index is 1710. The summed E-state index contributed by atoms with van der Waals surface area (Å²) in [6, 6.07) is 34.8. The van der Waals surface area contributed by atoms with E-state index in [0.29, 0.717) is 5.56 Å². The van der Waals surface area contributed by atoms with Gasteiger partial charge in [-0.3, -0.25) is 0 Å². The van der Waals surface area contributed by atoms with Gasteiger partial charge >= 0.3 is 10.1 Å². The fourth-order valence-electron chi connectivity index (χ4n) is 5.02. The number of pyridine rings is 1. The molecular formula is C32H25BeN3O2+2. The van der Waals surface area contributed by atoms with Crippen LogP contribution in [0, 0.1) is 0 Å². The van der Waals surface area contributed by atoms with Crippen LogP contribution in [0.25, 0.3) is 39.4 Å². The van der Waals surface area contributed by atoms with E-state index in [4.69, 9.17) is 0 Å². The van der Waals surface area contributed by atoms with Crippen LogP contribution in [0.5, 0.6) is 11.5 Å². The van der Waals surface area contributed by atoms with Gasteiger partial charge in [-0.2, -0.15) is 4.57 Å². The number of hydrogen-bond acceptors (Lipinski definition) is 2. The quantitative estimate of drug-likeness (QED) is 0.341. The van der Waals surface area contributed by atoms with E-state index < -0.39 is 0 Å². The molecule has 4 aromatic carbocycles. The molecule has 2 heterocycles. The summed E-state index contributed by atoms with van der Waals surface area (Å²) in [5.74, 6) is 0.938. The number of aryl methyl sites for hydroxylation is 2. The molecular weight excluding hydrogens is 467 g/mol. The van der Waals surface area contributed by atoms with E-state index in [1.165, 1.54) is 5.56 Å². The number of hydrogen-bond donors (Lipinski definition) is 0. The number of imidazole rings is 1. The third kappa shape index (κ3) is 4.56. The van der Waals surface area contributed by atoms with Gasteiger partial charge in [-0.1, -0.05) is 78.2 Å². The van der Waals surface area contributed by atoms with Gasteiger partial charge in [0.25, 0.3) is 5.82 Å². The number of para-hydroxylation sites is 4. The van der Waals surface area contributed by atoms with E-state index in [1.54, 1.807) is 18.2 Å². The predicted octanol–water partition coefficient (Wildman–Crippen LogP) is 4.14. The number of rotatable bonds is 2. The minimum Gasteiger partial charge on any atom is -0.872 e. The number of aromatic nitrogens is 3. The van der Waals surface area contributed by atoms with Gasteiger partial charge in [-0.25, -0.2) is 9.97 Å². The second-order valence-corrected chi connectivity index (χ2v) is 9.02. The molecule has 0 bridgehead atoms. The van der Waals surface area contributed by atoms with Crippen molar-refractivity contribution in [1.82, 2.24) is 4.57 Å². The van der Waals surface area contributed by atoms with Gasteiger partial charge in [0.05, 0.1) is 5.56 Å². The minimum absolute atomic E-state index is 0. The summed E-state index contributed by atoms with van der Waals surface area (Å²) in [5, 5.41) is 24.1. The molecule has 5 nitrogen and oxygen atoms in total. The van der Waals surface area contributed by atoms with Crippen LogP contribution in [0.2, 0.25) is 0 Å². The summed E-state index contributed by atoms with van der Waals surface area (Å²) in [7, 11) is 0. The Morgan fingerprint density at radius 1 is 0.632 bits per heavy atom. The Balaban J connectivity index is 0.000000161. The molecule has 0 spiro atoms. The number of H-pyrrole nitrogens is 2. The maximum atomic E-state index is 12.2. The van der Waals surface area contributed by atoms with Crippen molar-refractivity contribution in [3.05, 3.63) is 127 Å². The standard InChI is InChI=1S/C19H14N2O.C13H11NO.Be/c22-18-13-7-4-10-15(18)19-20-16-11-5-6-12-17(16)21(19)14-8-2-1-3-9-14;15-11-5-1-3-9-6-7-10-4-2-8-14-13(10)12(9)11;/h1-13,22H;1-5,8,15H,6-7H2;/q;;+2. The summed E-state index contributed by atoms with van der Waals surface area (Å²) in [6.45, 7) is 0. The van der Waals surface area contributed by atoms with E-state index >= 15 is 0 Å². The van der Waals surface area contributed by atoms with Gasteiger partial charge in [0.1, 0.15) is 5.69 Å². The van der Waals surface area contributed by atoms with Crippen molar-refractivity contribution in [3.8, 4) is 39.8 Å². The molecule has 0 unspecified atom stereocenters. The summed E-state index contributed by atoms with van der Waals surface area (Å²) >= 11 is 0. The first-order valence-corrected chi connectivity index (χ1v) is 12.3. The van der Waals surface area contributed by atoms with E-state index in [2.05, 4.69) is 26.7 Å². The molecule has 0 amide bonds. The van der Waals surface area contributed by atoms with Gasteiger partial charge < -0.3 is 10.2 Å². The van der Waals surface area contributed by atoms with Gasteiger partial charge in [0.15, 0.2) is 17.2 Å². The molecule has 1 aliphatic carbocycles. The average molecular weight is 493 g/mol. The zero-order valence-electron chi connectivity index (χ0n) is 20.9. The molecule has 6 aromatic rings. The van der Waals surface area contributed by atoms with Crippen LogP contribution in [-0.2, 0) is 12.8 Å². The Morgan fingerprint density at radius 3 is 2.16 bits per heavy atom. The summed E-state index contributed by atoms with van der Waals surface area (Å²) in [4.78, 5) is 6.57. The molecule has 7 rings (SSSR count). The van der Waals surface area contributed by atoms with Crippen molar-refractivity contribution in [2.24, 2.45) is 0 Å². The number of nitrogens with zero attached hydrogens (tertiary/aromatic N) is 1. The van der Waals surface area contributed by atoms with Crippen LogP contribution in [0.1, 0.15) is 11.1 Å². The third-order valence-corrected chi connectivity index (χ3v) is 6.75. The first-order chi connectivity index (χ1) is 18.2. The van der Waals surface area contributed by atoms with E-state index in [9.17, 15) is 10.2 Å². The molecule has 38 heavy (non-hydrogen) atoms. The van der Waals surface area contributed by atoms with Gasteiger partial charge in [0.2, 0.25) is 5.69 Å². The number of nitrogens with one attached hydrogen (secondary N) is 2. The van der Waals surface area contributed by atoms with E-state index in [0.717, 1.165) is 52.2 Å². The van der Waals surface area contributed by atoms with Crippen LogP contribution in [-0.4, -0.2) is 14.7 Å². The Kier molecular flexibility index (Phi) is 7.03. The van der Waals surface area contributed by atoms with Crippen molar-refractivity contribution in [1.29, 1.82) is 0 Å². The first-order valence-electron chi connectivity index (χ1n) is 12.3. The normalized spacial score (nSPS) is 11.5. The van der Waals surface area contributed by atoms with Crippen LogP contribution < -0.4 is 20.2 Å². The Hall–Kier alpha value is -4.73. The molecule has 2 N–H and O–H groups in total. The SMILES string of the molecule is [Be+2].[O-]c1cccc2c1-c1[nH+]cccc1CC2.[O-]c1ccccc1-c1[nH+]c2ccccc2n1-c1ccccc1. The summed E-state index contributed by atoms with van der Waals surface area (Å²) < 4.78 is 2.09. The van der Waals surface area contributed by atoms with E-state index in [-0.39, 0.29) is 21.6 Å². The van der Waals surface area contributed by atoms with Gasteiger partial charge in [-0.15, -0.1) is 0 Å². The number of fused-ring (bicyclic) bond motifs is 4. The van der Waals surface area contributed by atoms with Gasteiger partial charge in [-0.05, 0) is 54.8 Å². The minimum atomic E-state index is 0. The molecule has 0 fully saturated rings. The molecule has 0 saturated heterocycles. The predicted molar refractivity (Wildman–Crippen MR) is 146 cm³/mol. The van der Waals surface area contributed by atoms with Crippen molar-refractivity contribution in [2.75, 3.05) is 0 Å². The fraction of sp³-hybridized carbons (Fsp3) is 0.0625. The second-order valence-electron chi connectivity index (χ2n) is 9.02. The molecule has 2 aromatic heterocycles. The molecule has 6 heteroatoms. The number of aromatic amines is 2. The smallest absolute Gasteiger partial charge is 0.872 e. The monoisotopic (exact) mass is 492 g/mol. The fourth-order valence-corrected chi connectivity index (χ4v) is 5.02. The topological polar surface area (TPSA) is 79.3 Å². The average Bonchev–Trinajstić information content (AvgIpc) is 3.33. The van der Waals surface area contributed by atoms with Crippen molar-refractivity contribution >= 4 is 21.2 Å². The van der Waals surface area contributed by atoms with E-state index in [1.807, 2.05) is 85.1 Å². The summed E-state index contributed by atoms with van der Waals surface area (Å²) in [6.07, 6.45) is 3.86. The first kappa shape index (κ1) is 24.9. The molecule has 0 saturated carbocycles. The Morgan fingerprint density at radius 2 is 1.32 bits per heavy atom. The third-order valence-electron chi connectivity index (χ3n) is 6.75. The second kappa shape index (κ2) is 10.7. The largest absolute Gasteiger partial charge is 2.00 e. The van der Waals surface area contributed by atoms with Crippen LogP contribution >= 0.6 is 0 Å². The van der Waals surface area contributed by atoms with Crippen molar-refractivity contribution < 1.29 is 20.2 Å². The maximum absolute atomic E-state index is 12.2. The molecule has 0 atom stereocenters. The van der Waals surface area contributed by atoms with Crippen LogP contribution in [0.15, 0.2) is 115 Å². The molecule has 0 aliphatic heterocycles. The molecule has 0 radical (unpaired) electrons. The molecule has 1 aliphatic rings. The zero-order chi connectivity index (χ0) is 25.2. The van der Waals surface area contributed by atoms with Crippen molar-refractivity contribution in [3.63, 3.8) is 0 Å². The maximum Gasteiger partial charge on any atom is 2.00 e. The zero-order valence-corrected chi connectivity index (χ0v) is 20.9. The Labute approximate surface area is 224 Å². The van der Waals surface area contributed by atoms with Crippen molar-refractivity contribution in [2.45, 2.75) is 12.8 Å². The van der Waals surface area contributed by atoms with Crippen LogP contribution in [0.4, 0.5) is 0 Å². The summed E-state index contributed by atoms with van der Waals surface area (Å²) in [5.41, 5.74) is 8.02. The van der Waals surface area contributed by atoms with Crippen LogP contribution in [0.3, 0.4) is 0 Å². The van der Waals surface area contributed by atoms with Gasteiger partial charge in [0, 0.05) is 17.2 Å². The number of benzene rings is 4. The molecule has 180 valence electrons.